The minimum absolute atomic E-state index is 0.123. The van der Waals surface area contributed by atoms with Gasteiger partial charge in [-0.1, -0.05) is 0 Å². The van der Waals surface area contributed by atoms with E-state index in [9.17, 15) is 22.8 Å². The van der Waals surface area contributed by atoms with Gasteiger partial charge in [-0.15, -0.1) is 0 Å². The lowest BCUT2D eigenvalue weighted by atomic mass is 10.1. The monoisotopic (exact) mass is 374 g/mol. The topological polar surface area (TPSA) is 68.3 Å². The van der Waals surface area contributed by atoms with Gasteiger partial charge >= 0.3 is 5.97 Å². The fraction of sp³-hybridized carbons (Fsp3) is 0.105. The molecule has 8 heteroatoms. The van der Waals surface area contributed by atoms with Crippen molar-refractivity contribution in [3.63, 3.8) is 0 Å². The summed E-state index contributed by atoms with van der Waals surface area (Å²) in [6.07, 6.45) is 0. The summed E-state index contributed by atoms with van der Waals surface area (Å²) in [5, 5.41) is 2.80. The number of fused-ring (bicyclic) bond motifs is 1. The molecule has 0 aliphatic heterocycles. The molecule has 1 aromatic heterocycles. The number of carbonyl (C=O) groups is 2. The number of ether oxygens (including phenoxy) is 1. The van der Waals surface area contributed by atoms with Crippen LogP contribution in [0.4, 0.5) is 18.9 Å². The first-order valence-corrected chi connectivity index (χ1v) is 7.75. The molecule has 1 heterocycles. The first-order valence-electron chi connectivity index (χ1n) is 7.75. The Labute approximate surface area is 151 Å². The Morgan fingerprint density at radius 2 is 1.74 bits per heavy atom. The average Bonchev–Trinajstić information content (AvgIpc) is 2.62. The predicted molar refractivity (Wildman–Crippen MR) is 92.1 cm³/mol. The zero-order chi connectivity index (χ0) is 19.7. The molecule has 3 rings (SSSR count). The van der Waals surface area contributed by atoms with Crippen LogP contribution in [0.3, 0.4) is 0 Å². The average molecular weight is 374 g/mol. The zero-order valence-corrected chi connectivity index (χ0v) is 14.3. The molecule has 0 unspecified atom stereocenters. The molecule has 0 bridgehead atoms. The number of hydrogen-bond acceptors (Lipinski definition) is 4. The second-order valence-corrected chi connectivity index (χ2v) is 5.72. The molecule has 0 aliphatic carbocycles. The molecule has 1 amide bonds. The van der Waals surface area contributed by atoms with Gasteiger partial charge in [0.2, 0.25) is 0 Å². The molecule has 27 heavy (non-hydrogen) atoms. The zero-order valence-electron chi connectivity index (χ0n) is 14.3. The normalized spacial score (nSPS) is 10.7. The Morgan fingerprint density at radius 3 is 2.44 bits per heavy atom. The lowest BCUT2D eigenvalue weighted by Gasteiger charge is -2.11. The van der Waals surface area contributed by atoms with E-state index in [2.05, 4.69) is 15.0 Å². The first kappa shape index (κ1) is 18.4. The fourth-order valence-electron chi connectivity index (χ4n) is 2.57. The lowest BCUT2D eigenvalue weighted by molar-refractivity contribution is 0.0595. The number of nitrogens with one attached hydrogen (secondary N) is 1. The maximum Gasteiger partial charge on any atom is 0.340 e. The van der Waals surface area contributed by atoms with Gasteiger partial charge in [0.25, 0.3) is 5.91 Å². The number of benzene rings is 2. The molecule has 0 fully saturated rings. The molecule has 3 aromatic rings. The van der Waals surface area contributed by atoms with Crippen LogP contribution >= 0.6 is 0 Å². The molecule has 0 spiro atoms. The number of pyridine rings is 1. The molecule has 138 valence electrons. The van der Waals surface area contributed by atoms with Gasteiger partial charge in [-0.25, -0.2) is 18.0 Å². The maximum atomic E-state index is 14.0. The standard InChI is InChI=1S/C19H13F3N2O3/c1-9-12(5-10-3-4-11(20)6-16(10)23-9)18(25)24-17-7-13(19(26)27-2)14(21)8-15(17)22/h3-8H,1-2H3,(H,24,25). The number of anilines is 1. The molecule has 0 radical (unpaired) electrons. The summed E-state index contributed by atoms with van der Waals surface area (Å²) < 4.78 is 45.4. The largest absolute Gasteiger partial charge is 0.465 e. The van der Waals surface area contributed by atoms with Crippen LogP contribution < -0.4 is 5.32 Å². The fourth-order valence-corrected chi connectivity index (χ4v) is 2.57. The molecule has 5 nitrogen and oxygen atoms in total. The summed E-state index contributed by atoms with van der Waals surface area (Å²) in [4.78, 5) is 28.2. The highest BCUT2D eigenvalue weighted by Crippen LogP contribution is 2.23. The summed E-state index contributed by atoms with van der Waals surface area (Å²) in [5.41, 5.74) is -0.123. The summed E-state index contributed by atoms with van der Waals surface area (Å²) in [5.74, 6) is -4.35. The van der Waals surface area contributed by atoms with Gasteiger partial charge in [0.15, 0.2) is 0 Å². The molecule has 0 aliphatic rings. The van der Waals surface area contributed by atoms with Crippen molar-refractivity contribution in [2.24, 2.45) is 0 Å². The number of methoxy groups -OCH3 is 1. The number of amides is 1. The van der Waals surface area contributed by atoms with Gasteiger partial charge in [0.1, 0.15) is 17.5 Å². The van der Waals surface area contributed by atoms with E-state index < -0.39 is 34.9 Å². The number of nitrogens with zero attached hydrogens (tertiary/aromatic N) is 1. The van der Waals surface area contributed by atoms with Crippen LogP contribution in [0.2, 0.25) is 0 Å². The van der Waals surface area contributed by atoms with Crippen molar-refractivity contribution in [3.8, 4) is 0 Å². The maximum absolute atomic E-state index is 14.0. The number of carbonyl (C=O) groups excluding carboxylic acids is 2. The van der Waals surface area contributed by atoms with Crippen LogP contribution in [0, 0.1) is 24.4 Å². The van der Waals surface area contributed by atoms with E-state index in [1.165, 1.54) is 24.3 Å². The van der Waals surface area contributed by atoms with Crippen molar-refractivity contribution in [3.05, 3.63) is 70.7 Å². The van der Waals surface area contributed by atoms with Crippen molar-refractivity contribution in [2.45, 2.75) is 6.92 Å². The molecule has 1 N–H and O–H groups in total. The second kappa shape index (κ2) is 7.06. The Hall–Kier alpha value is -3.42. The van der Waals surface area contributed by atoms with Gasteiger partial charge in [-0.05, 0) is 31.2 Å². The SMILES string of the molecule is COC(=O)c1cc(NC(=O)c2cc3ccc(F)cc3nc2C)c(F)cc1F. The molecule has 0 saturated carbocycles. The van der Waals surface area contributed by atoms with Crippen LogP contribution in [0.5, 0.6) is 0 Å². The third kappa shape index (κ3) is 3.59. The summed E-state index contributed by atoms with van der Waals surface area (Å²) in [6.45, 7) is 1.54. The number of halogens is 3. The van der Waals surface area contributed by atoms with Crippen LogP contribution in [0.1, 0.15) is 26.4 Å². The summed E-state index contributed by atoms with van der Waals surface area (Å²) >= 11 is 0. The number of hydrogen-bond donors (Lipinski definition) is 1. The van der Waals surface area contributed by atoms with E-state index in [0.717, 1.165) is 13.2 Å². The van der Waals surface area contributed by atoms with E-state index in [1.54, 1.807) is 6.92 Å². The highest BCUT2D eigenvalue weighted by atomic mass is 19.1. The van der Waals surface area contributed by atoms with Gasteiger partial charge < -0.3 is 10.1 Å². The van der Waals surface area contributed by atoms with Gasteiger partial charge in [0, 0.05) is 17.5 Å². The van der Waals surface area contributed by atoms with Crippen LogP contribution in [-0.2, 0) is 4.74 Å². The van der Waals surface area contributed by atoms with Crippen molar-refractivity contribution in [1.82, 2.24) is 4.98 Å². The van der Waals surface area contributed by atoms with Crippen LogP contribution in [0.15, 0.2) is 36.4 Å². The Balaban J connectivity index is 1.98. The van der Waals surface area contributed by atoms with E-state index >= 15 is 0 Å². The summed E-state index contributed by atoms with van der Waals surface area (Å²) in [6, 6.07) is 6.73. The number of esters is 1. The van der Waals surface area contributed by atoms with Crippen molar-refractivity contribution >= 4 is 28.5 Å². The van der Waals surface area contributed by atoms with E-state index in [-0.39, 0.29) is 11.3 Å². The highest BCUT2D eigenvalue weighted by molar-refractivity contribution is 6.07. The van der Waals surface area contributed by atoms with E-state index in [4.69, 9.17) is 0 Å². The van der Waals surface area contributed by atoms with Crippen LogP contribution in [0.25, 0.3) is 10.9 Å². The van der Waals surface area contributed by atoms with Gasteiger partial charge in [-0.3, -0.25) is 9.78 Å². The molecule has 0 atom stereocenters. The van der Waals surface area contributed by atoms with Crippen LogP contribution in [-0.4, -0.2) is 24.0 Å². The molecule has 0 saturated heterocycles. The quantitative estimate of drug-likeness (QED) is 0.704. The van der Waals surface area contributed by atoms with Crippen molar-refractivity contribution in [1.29, 1.82) is 0 Å². The predicted octanol–water partition coefficient (Wildman–Crippen LogP) is 4.00. The second-order valence-electron chi connectivity index (χ2n) is 5.72. The number of aromatic nitrogens is 1. The van der Waals surface area contributed by atoms with Gasteiger partial charge in [0.05, 0.1) is 35.1 Å². The molecular formula is C19H13F3N2O3. The Bertz CT molecular complexity index is 1080. The third-order valence-corrected chi connectivity index (χ3v) is 3.93. The number of aryl methyl sites for hydroxylation is 1. The van der Waals surface area contributed by atoms with Crippen molar-refractivity contribution in [2.75, 3.05) is 12.4 Å². The van der Waals surface area contributed by atoms with E-state index in [0.29, 0.717) is 22.7 Å². The Morgan fingerprint density at radius 1 is 1.00 bits per heavy atom. The van der Waals surface area contributed by atoms with Crippen molar-refractivity contribution < 1.29 is 27.5 Å². The van der Waals surface area contributed by atoms with E-state index in [1.807, 2.05) is 0 Å². The third-order valence-electron chi connectivity index (χ3n) is 3.93. The smallest absolute Gasteiger partial charge is 0.340 e. The van der Waals surface area contributed by atoms with Gasteiger partial charge in [-0.2, -0.15) is 0 Å². The minimum Gasteiger partial charge on any atom is -0.465 e. The molecular weight excluding hydrogens is 361 g/mol. The Kier molecular flexibility index (Phi) is 4.81. The first-order chi connectivity index (χ1) is 12.8. The minimum atomic E-state index is -1.11. The lowest BCUT2D eigenvalue weighted by Crippen LogP contribution is -2.16. The number of rotatable bonds is 3. The molecule has 2 aromatic carbocycles. The highest BCUT2D eigenvalue weighted by Gasteiger charge is 2.19. The summed E-state index contributed by atoms with van der Waals surface area (Å²) in [7, 11) is 1.05.